The summed E-state index contributed by atoms with van der Waals surface area (Å²) in [5.41, 5.74) is 0.840. The molecule has 0 aromatic heterocycles. The largest absolute Gasteiger partial charge is 0.411 e. The second-order valence-corrected chi connectivity index (χ2v) is 4.39. The maximum absolute atomic E-state index is 11.7. The minimum atomic E-state index is 0.152. The van der Waals surface area contributed by atoms with Crippen molar-refractivity contribution in [3.05, 3.63) is 0 Å². The third kappa shape index (κ3) is 3.20. The quantitative estimate of drug-likeness (QED) is 0.568. The van der Waals surface area contributed by atoms with Crippen LogP contribution in [0.2, 0.25) is 0 Å². The molecule has 5 heteroatoms. The fraction of sp³-hybridized carbons (Fsp3) is 0.818. The number of likely N-dealkylation sites (tertiary alicyclic amines) is 1. The second kappa shape index (κ2) is 5.84. The maximum Gasteiger partial charge on any atom is 0.236 e. The standard InChI is InChI=1S/C11H21N3O2/c1-4-13(3)11(15)8-14-6-5-10(12-16)9(2)7-14/h9,16H,4-8H2,1-3H3. The van der Waals surface area contributed by atoms with Crippen molar-refractivity contribution in [3.63, 3.8) is 0 Å². The van der Waals surface area contributed by atoms with Crippen LogP contribution in [0.5, 0.6) is 0 Å². The van der Waals surface area contributed by atoms with Crippen LogP contribution < -0.4 is 0 Å². The fourth-order valence-electron chi connectivity index (χ4n) is 1.88. The van der Waals surface area contributed by atoms with Gasteiger partial charge in [0.25, 0.3) is 0 Å². The van der Waals surface area contributed by atoms with Crippen molar-refractivity contribution in [2.24, 2.45) is 11.1 Å². The lowest BCUT2D eigenvalue weighted by atomic mass is 9.98. The lowest BCUT2D eigenvalue weighted by molar-refractivity contribution is -0.131. The number of likely N-dealkylation sites (N-methyl/N-ethyl adjacent to an activating group) is 1. The number of carbonyl (C=O) groups excluding carboxylic acids is 1. The molecule has 1 heterocycles. The summed E-state index contributed by atoms with van der Waals surface area (Å²) in [4.78, 5) is 15.5. The van der Waals surface area contributed by atoms with Crippen LogP contribution in [0.25, 0.3) is 0 Å². The lowest BCUT2D eigenvalue weighted by Crippen LogP contribution is -2.45. The second-order valence-electron chi connectivity index (χ2n) is 4.39. The van der Waals surface area contributed by atoms with E-state index < -0.39 is 0 Å². The third-order valence-corrected chi connectivity index (χ3v) is 3.17. The van der Waals surface area contributed by atoms with E-state index in [1.807, 2.05) is 20.9 Å². The summed E-state index contributed by atoms with van der Waals surface area (Å²) in [6.45, 7) is 6.79. The molecular weight excluding hydrogens is 206 g/mol. The maximum atomic E-state index is 11.7. The Labute approximate surface area is 96.7 Å². The van der Waals surface area contributed by atoms with Crippen LogP contribution in [-0.2, 0) is 4.79 Å². The van der Waals surface area contributed by atoms with Crippen LogP contribution in [0.4, 0.5) is 0 Å². The predicted octanol–water partition coefficient (Wildman–Crippen LogP) is 0.637. The molecule has 16 heavy (non-hydrogen) atoms. The highest BCUT2D eigenvalue weighted by Gasteiger charge is 2.24. The molecule has 0 bridgehead atoms. The molecule has 1 fully saturated rings. The zero-order chi connectivity index (χ0) is 12.1. The van der Waals surface area contributed by atoms with Crippen molar-refractivity contribution >= 4 is 11.6 Å². The van der Waals surface area contributed by atoms with Gasteiger partial charge in [-0.15, -0.1) is 0 Å². The molecule has 5 nitrogen and oxygen atoms in total. The van der Waals surface area contributed by atoms with Gasteiger partial charge in [0.15, 0.2) is 0 Å². The van der Waals surface area contributed by atoms with Crippen molar-refractivity contribution in [2.45, 2.75) is 20.3 Å². The Morgan fingerprint density at radius 2 is 2.38 bits per heavy atom. The van der Waals surface area contributed by atoms with Gasteiger partial charge >= 0.3 is 0 Å². The first-order valence-electron chi connectivity index (χ1n) is 5.75. The van der Waals surface area contributed by atoms with Crippen molar-refractivity contribution < 1.29 is 10.0 Å². The monoisotopic (exact) mass is 227 g/mol. The SMILES string of the molecule is CCN(C)C(=O)CN1CCC(=NO)C(C)C1. The highest BCUT2D eigenvalue weighted by atomic mass is 16.4. The number of carbonyl (C=O) groups is 1. The molecule has 0 saturated carbocycles. The van der Waals surface area contributed by atoms with E-state index >= 15 is 0 Å². The van der Waals surface area contributed by atoms with Crippen LogP contribution in [0.3, 0.4) is 0 Å². The molecule has 1 unspecified atom stereocenters. The average Bonchev–Trinajstić information content (AvgIpc) is 2.28. The molecule has 1 saturated heterocycles. The number of nitrogens with zero attached hydrogens (tertiary/aromatic N) is 3. The zero-order valence-corrected chi connectivity index (χ0v) is 10.3. The molecule has 1 N–H and O–H groups in total. The predicted molar refractivity (Wildman–Crippen MR) is 62.8 cm³/mol. The first-order chi connectivity index (χ1) is 7.58. The highest BCUT2D eigenvalue weighted by molar-refractivity contribution is 5.87. The average molecular weight is 227 g/mol. The fourth-order valence-corrected chi connectivity index (χ4v) is 1.88. The van der Waals surface area contributed by atoms with Gasteiger partial charge in [0.05, 0.1) is 12.3 Å². The molecule has 0 aromatic carbocycles. The molecule has 0 radical (unpaired) electrons. The van der Waals surface area contributed by atoms with Crippen molar-refractivity contribution in [2.75, 3.05) is 33.2 Å². The molecule has 92 valence electrons. The van der Waals surface area contributed by atoms with E-state index in [0.29, 0.717) is 6.54 Å². The number of piperidine rings is 1. The summed E-state index contributed by atoms with van der Waals surface area (Å²) >= 11 is 0. The van der Waals surface area contributed by atoms with Gasteiger partial charge in [-0.2, -0.15) is 0 Å². The van der Waals surface area contributed by atoms with Gasteiger partial charge in [-0.3, -0.25) is 9.69 Å². The lowest BCUT2D eigenvalue weighted by Gasteiger charge is -2.31. The topological polar surface area (TPSA) is 56.1 Å². The molecule has 0 spiro atoms. The van der Waals surface area contributed by atoms with Crippen LogP contribution in [0.15, 0.2) is 5.16 Å². The van der Waals surface area contributed by atoms with Gasteiger partial charge in [0.1, 0.15) is 0 Å². The van der Waals surface area contributed by atoms with Crippen molar-refractivity contribution in [3.8, 4) is 0 Å². The molecule has 1 atom stereocenters. The Bertz CT molecular complexity index is 278. The van der Waals surface area contributed by atoms with Crippen LogP contribution in [-0.4, -0.2) is 59.9 Å². The minimum absolute atomic E-state index is 0.152. The molecule has 1 aliphatic rings. The summed E-state index contributed by atoms with van der Waals surface area (Å²) in [6.07, 6.45) is 0.751. The number of rotatable bonds is 3. The van der Waals surface area contributed by atoms with Gasteiger partial charge < -0.3 is 10.1 Å². The van der Waals surface area contributed by atoms with Gasteiger partial charge in [-0.1, -0.05) is 12.1 Å². The van der Waals surface area contributed by atoms with Gasteiger partial charge in [0, 0.05) is 39.0 Å². The van der Waals surface area contributed by atoms with Gasteiger partial charge in [0.2, 0.25) is 5.91 Å². The Hall–Kier alpha value is -1.10. The molecule has 0 aliphatic carbocycles. The summed E-state index contributed by atoms with van der Waals surface area (Å²) in [7, 11) is 1.82. The Balaban J connectivity index is 2.44. The summed E-state index contributed by atoms with van der Waals surface area (Å²) < 4.78 is 0. The van der Waals surface area contributed by atoms with Crippen molar-refractivity contribution in [1.29, 1.82) is 0 Å². The normalized spacial score (nSPS) is 24.7. The van der Waals surface area contributed by atoms with Gasteiger partial charge in [-0.25, -0.2) is 0 Å². The first-order valence-corrected chi connectivity index (χ1v) is 5.75. The van der Waals surface area contributed by atoms with E-state index in [1.165, 1.54) is 0 Å². The molecule has 1 aliphatic heterocycles. The Morgan fingerprint density at radius 3 is 2.88 bits per heavy atom. The number of hydrogen-bond donors (Lipinski definition) is 1. The Morgan fingerprint density at radius 1 is 1.69 bits per heavy atom. The summed E-state index contributed by atoms with van der Waals surface area (Å²) in [5, 5.41) is 12.0. The third-order valence-electron chi connectivity index (χ3n) is 3.17. The van der Waals surface area contributed by atoms with Gasteiger partial charge in [-0.05, 0) is 6.92 Å². The minimum Gasteiger partial charge on any atom is -0.411 e. The summed E-state index contributed by atoms with van der Waals surface area (Å²) in [5.74, 6) is 0.387. The molecule has 0 aromatic rings. The van der Waals surface area contributed by atoms with E-state index in [0.717, 1.165) is 31.8 Å². The van der Waals surface area contributed by atoms with Crippen molar-refractivity contribution in [1.82, 2.24) is 9.80 Å². The first kappa shape index (κ1) is 13.0. The smallest absolute Gasteiger partial charge is 0.236 e. The number of oxime groups is 1. The number of amides is 1. The molecule has 1 amide bonds. The number of hydrogen-bond acceptors (Lipinski definition) is 4. The van der Waals surface area contributed by atoms with E-state index in [1.54, 1.807) is 4.90 Å². The van der Waals surface area contributed by atoms with E-state index in [2.05, 4.69) is 10.1 Å². The zero-order valence-electron chi connectivity index (χ0n) is 10.3. The van der Waals surface area contributed by atoms with Crippen LogP contribution in [0, 0.1) is 5.92 Å². The van der Waals surface area contributed by atoms with E-state index in [4.69, 9.17) is 5.21 Å². The molecular formula is C11H21N3O2. The Kier molecular flexibility index (Phi) is 4.73. The van der Waals surface area contributed by atoms with E-state index in [9.17, 15) is 4.79 Å². The highest BCUT2D eigenvalue weighted by Crippen LogP contribution is 2.13. The van der Waals surface area contributed by atoms with E-state index in [-0.39, 0.29) is 11.8 Å². The van der Waals surface area contributed by atoms with Crippen LogP contribution >= 0.6 is 0 Å². The summed E-state index contributed by atoms with van der Waals surface area (Å²) in [6, 6.07) is 0. The molecule has 1 rings (SSSR count). The van der Waals surface area contributed by atoms with Crippen LogP contribution in [0.1, 0.15) is 20.3 Å².